The zero-order valence-electron chi connectivity index (χ0n) is 18.0. The molecule has 0 radical (unpaired) electrons. The van der Waals surface area contributed by atoms with Gasteiger partial charge in [-0.25, -0.2) is 9.37 Å². The molecule has 2 aromatic carbocycles. The first-order chi connectivity index (χ1) is 15.6. The van der Waals surface area contributed by atoms with Gasteiger partial charge in [0.25, 0.3) is 5.91 Å². The number of hydrogen-bond acceptors (Lipinski definition) is 3. The highest BCUT2D eigenvalue weighted by Crippen LogP contribution is 2.23. The fourth-order valence-corrected chi connectivity index (χ4v) is 4.20. The van der Waals surface area contributed by atoms with E-state index in [0.29, 0.717) is 24.3 Å². The topological polar surface area (TPSA) is 40.9 Å². The van der Waals surface area contributed by atoms with Gasteiger partial charge in [0, 0.05) is 45.1 Å². The van der Waals surface area contributed by atoms with Crippen molar-refractivity contribution in [3.63, 3.8) is 0 Å². The number of aryl methyl sites for hydroxylation is 1. The molecule has 5 nitrogen and oxygen atoms in total. The molecule has 0 saturated carbocycles. The number of piperazine rings is 1. The molecule has 3 heterocycles. The van der Waals surface area contributed by atoms with E-state index in [4.69, 9.17) is 0 Å². The molecule has 4 aromatic rings. The average Bonchev–Trinajstić information content (AvgIpc) is 3.25. The molecule has 0 spiro atoms. The lowest BCUT2D eigenvalue weighted by molar-refractivity contribution is 0.0623. The molecule has 1 saturated heterocycles. The van der Waals surface area contributed by atoms with E-state index in [-0.39, 0.29) is 11.7 Å². The first-order valence-electron chi connectivity index (χ1n) is 10.9. The van der Waals surface area contributed by atoms with Crippen molar-refractivity contribution in [3.8, 4) is 11.1 Å². The number of fused-ring (bicyclic) bond motifs is 1. The van der Waals surface area contributed by atoms with E-state index in [9.17, 15) is 9.18 Å². The Labute approximate surface area is 186 Å². The Morgan fingerprint density at radius 1 is 0.938 bits per heavy atom. The number of aromatic nitrogens is 2. The lowest BCUT2D eigenvalue weighted by Crippen LogP contribution is -2.48. The van der Waals surface area contributed by atoms with Gasteiger partial charge in [-0.3, -0.25) is 9.69 Å². The third kappa shape index (κ3) is 4.14. The minimum atomic E-state index is -0.214. The quantitative estimate of drug-likeness (QED) is 0.484. The van der Waals surface area contributed by atoms with Crippen LogP contribution < -0.4 is 0 Å². The van der Waals surface area contributed by atoms with Crippen LogP contribution in [0, 0.1) is 12.7 Å². The molecule has 32 heavy (non-hydrogen) atoms. The molecule has 1 amide bonds. The van der Waals surface area contributed by atoms with Gasteiger partial charge in [-0.1, -0.05) is 36.4 Å². The molecule has 1 aliphatic rings. The van der Waals surface area contributed by atoms with Crippen LogP contribution in [0.5, 0.6) is 0 Å². The Balaban J connectivity index is 1.28. The molecular weight excluding hydrogens is 403 g/mol. The van der Waals surface area contributed by atoms with Gasteiger partial charge >= 0.3 is 0 Å². The van der Waals surface area contributed by atoms with Crippen LogP contribution in [0.3, 0.4) is 0 Å². The predicted molar refractivity (Wildman–Crippen MR) is 123 cm³/mol. The molecule has 0 unspecified atom stereocenters. The summed E-state index contributed by atoms with van der Waals surface area (Å²) in [4.78, 5) is 21.9. The van der Waals surface area contributed by atoms with E-state index < -0.39 is 0 Å². The summed E-state index contributed by atoms with van der Waals surface area (Å²) in [5, 5.41) is 0. The molecule has 6 heteroatoms. The highest BCUT2D eigenvalue weighted by molar-refractivity contribution is 5.93. The van der Waals surface area contributed by atoms with Crippen molar-refractivity contribution in [1.29, 1.82) is 0 Å². The lowest BCUT2D eigenvalue weighted by atomic mass is 10.1. The van der Waals surface area contributed by atoms with Crippen molar-refractivity contribution in [2.24, 2.45) is 0 Å². The van der Waals surface area contributed by atoms with Gasteiger partial charge < -0.3 is 9.30 Å². The summed E-state index contributed by atoms with van der Waals surface area (Å²) < 4.78 is 15.5. The van der Waals surface area contributed by atoms with Gasteiger partial charge in [-0.2, -0.15) is 0 Å². The maximum absolute atomic E-state index is 13.6. The largest absolute Gasteiger partial charge is 0.335 e. The molecule has 0 bridgehead atoms. The number of carbonyl (C=O) groups excluding carboxylic acids is 1. The van der Waals surface area contributed by atoms with Crippen molar-refractivity contribution in [1.82, 2.24) is 19.2 Å². The highest BCUT2D eigenvalue weighted by atomic mass is 19.1. The zero-order valence-corrected chi connectivity index (χ0v) is 18.0. The van der Waals surface area contributed by atoms with Crippen LogP contribution in [0.2, 0.25) is 0 Å². The zero-order chi connectivity index (χ0) is 22.1. The fraction of sp³-hybridized carbons (Fsp3) is 0.231. The van der Waals surface area contributed by atoms with E-state index in [1.165, 1.54) is 11.6 Å². The van der Waals surface area contributed by atoms with Crippen LogP contribution in [-0.2, 0) is 6.54 Å². The summed E-state index contributed by atoms with van der Waals surface area (Å²) in [6.45, 7) is 5.75. The Kier molecular flexibility index (Phi) is 5.45. The molecule has 0 N–H and O–H groups in total. The van der Waals surface area contributed by atoms with Crippen molar-refractivity contribution in [3.05, 3.63) is 95.7 Å². The second-order valence-electron chi connectivity index (χ2n) is 8.33. The average molecular weight is 429 g/mol. The number of rotatable bonds is 4. The Hall–Kier alpha value is -3.51. The molecular formula is C26H25FN4O. The molecule has 1 aliphatic heterocycles. The summed E-state index contributed by atoms with van der Waals surface area (Å²) in [5.41, 5.74) is 4.95. The van der Waals surface area contributed by atoms with E-state index in [0.717, 1.165) is 36.4 Å². The smallest absolute Gasteiger partial charge is 0.274 e. The van der Waals surface area contributed by atoms with Crippen LogP contribution >= 0.6 is 0 Å². The van der Waals surface area contributed by atoms with E-state index in [2.05, 4.69) is 34.1 Å². The van der Waals surface area contributed by atoms with E-state index in [1.54, 1.807) is 19.2 Å². The van der Waals surface area contributed by atoms with Crippen molar-refractivity contribution in [2.75, 3.05) is 26.2 Å². The maximum Gasteiger partial charge on any atom is 0.274 e. The van der Waals surface area contributed by atoms with E-state index >= 15 is 0 Å². The Morgan fingerprint density at radius 2 is 1.69 bits per heavy atom. The number of halogens is 1. The standard InChI is InChI=1S/C26H25FN4O/c1-19-15-21(7-9-23(19)27)22-8-10-25-28-24(18-31(25)17-22)26(32)30-13-11-29(12-14-30)16-20-5-3-2-4-6-20/h2-10,15,17-18H,11-14,16H2,1H3. The molecule has 2 aromatic heterocycles. The minimum absolute atomic E-state index is 0.0350. The van der Waals surface area contributed by atoms with Crippen LogP contribution in [-0.4, -0.2) is 51.3 Å². The third-order valence-corrected chi connectivity index (χ3v) is 6.07. The van der Waals surface area contributed by atoms with Gasteiger partial charge in [-0.05, 0) is 53.4 Å². The van der Waals surface area contributed by atoms with Crippen LogP contribution in [0.25, 0.3) is 16.8 Å². The fourth-order valence-electron chi connectivity index (χ4n) is 4.20. The van der Waals surface area contributed by atoms with Gasteiger partial charge in [0.15, 0.2) is 0 Å². The second kappa shape index (κ2) is 8.55. The van der Waals surface area contributed by atoms with Gasteiger partial charge in [0.1, 0.15) is 17.2 Å². The summed E-state index contributed by atoms with van der Waals surface area (Å²) in [7, 11) is 0. The summed E-state index contributed by atoms with van der Waals surface area (Å²) in [6.07, 6.45) is 3.72. The lowest BCUT2D eigenvalue weighted by Gasteiger charge is -2.34. The number of amides is 1. The third-order valence-electron chi connectivity index (χ3n) is 6.07. The van der Waals surface area contributed by atoms with Gasteiger partial charge in [0.2, 0.25) is 0 Å². The first-order valence-corrected chi connectivity index (χ1v) is 10.9. The maximum atomic E-state index is 13.6. The Bertz CT molecular complexity index is 1260. The number of imidazole rings is 1. The summed E-state index contributed by atoms with van der Waals surface area (Å²) in [6, 6.07) is 19.3. The SMILES string of the molecule is Cc1cc(-c2ccc3nc(C(=O)N4CCN(Cc5ccccc5)CC4)cn3c2)ccc1F. The molecule has 1 fully saturated rings. The van der Waals surface area contributed by atoms with Crippen LogP contribution in [0.1, 0.15) is 21.6 Å². The van der Waals surface area contributed by atoms with Crippen molar-refractivity contribution >= 4 is 11.6 Å². The summed E-state index contributed by atoms with van der Waals surface area (Å²) >= 11 is 0. The first kappa shape index (κ1) is 20.4. The number of nitrogens with zero attached hydrogens (tertiary/aromatic N) is 4. The molecule has 5 rings (SSSR count). The predicted octanol–water partition coefficient (Wildman–Crippen LogP) is 4.41. The molecule has 162 valence electrons. The van der Waals surface area contributed by atoms with Gasteiger partial charge in [-0.15, -0.1) is 0 Å². The second-order valence-corrected chi connectivity index (χ2v) is 8.33. The number of hydrogen-bond donors (Lipinski definition) is 0. The van der Waals surface area contributed by atoms with Crippen LogP contribution in [0.4, 0.5) is 4.39 Å². The number of carbonyl (C=O) groups is 1. The van der Waals surface area contributed by atoms with Crippen molar-refractivity contribution < 1.29 is 9.18 Å². The minimum Gasteiger partial charge on any atom is -0.335 e. The number of benzene rings is 2. The van der Waals surface area contributed by atoms with Crippen LogP contribution in [0.15, 0.2) is 73.1 Å². The Morgan fingerprint density at radius 3 is 2.44 bits per heavy atom. The normalized spacial score (nSPS) is 14.8. The molecule has 0 aliphatic carbocycles. The highest BCUT2D eigenvalue weighted by Gasteiger charge is 2.24. The van der Waals surface area contributed by atoms with Crippen molar-refractivity contribution in [2.45, 2.75) is 13.5 Å². The molecule has 0 atom stereocenters. The number of pyridine rings is 1. The van der Waals surface area contributed by atoms with E-state index in [1.807, 2.05) is 39.8 Å². The monoisotopic (exact) mass is 428 g/mol. The van der Waals surface area contributed by atoms with Gasteiger partial charge in [0.05, 0.1) is 0 Å². The summed E-state index contributed by atoms with van der Waals surface area (Å²) in [5.74, 6) is -0.249.